The Balaban J connectivity index is 1.18. The van der Waals surface area contributed by atoms with Crippen LogP contribution in [0.3, 0.4) is 0 Å². The third kappa shape index (κ3) is 9.45. The summed E-state index contributed by atoms with van der Waals surface area (Å²) in [4.78, 5) is 39.8. The quantitative estimate of drug-likeness (QED) is 0.159. The van der Waals surface area contributed by atoms with Crippen LogP contribution < -0.4 is 15.4 Å². The molecule has 2 aliphatic heterocycles. The van der Waals surface area contributed by atoms with E-state index in [9.17, 15) is 33.0 Å². The molecule has 6 rings (SSSR count). The fraction of sp³-hybridized carbons (Fsp3) is 0.436. The molecule has 0 radical (unpaired) electrons. The van der Waals surface area contributed by atoms with Crippen molar-refractivity contribution in [2.75, 3.05) is 39.3 Å². The first-order valence-corrected chi connectivity index (χ1v) is 17.9. The molecule has 4 aromatic rings. The number of aromatic nitrogens is 2. The highest BCUT2D eigenvalue weighted by molar-refractivity contribution is 5.82. The number of alkyl halides is 3. The molecular formula is C39H45F3N6O6. The standard InChI is InChI=1S/C39H45F3N6O6/c1-38(2,37-44-20-33(54-37)29-13-8-9-15-43-29)48-17-16-47(30(22-48)36(52)45-24-39(40,41)42)21-27(49)19-26(18-25-10-4-3-5-11-25)35(51)46-34-28-12-6-7-14-32(28)53-23-31(34)50/h3-15,20,26-27,30-31,34,49-50H,16-19,21-24H2,1-2H3,(H,45,52)(H,46,51)/t26-,27+,30+,31-,34+/m1/s1. The normalized spacial score (nSPS) is 20.7. The smallest absolute Gasteiger partial charge is 0.405 e. The fourth-order valence-corrected chi connectivity index (χ4v) is 7.07. The van der Waals surface area contributed by atoms with E-state index in [2.05, 4.69) is 15.3 Å². The topological polar surface area (TPSA) is 153 Å². The summed E-state index contributed by atoms with van der Waals surface area (Å²) >= 11 is 0. The van der Waals surface area contributed by atoms with Crippen molar-refractivity contribution in [2.24, 2.45) is 5.92 Å². The minimum atomic E-state index is -4.62. The first-order chi connectivity index (χ1) is 25.8. The fourth-order valence-electron chi connectivity index (χ4n) is 7.07. The van der Waals surface area contributed by atoms with Crippen molar-refractivity contribution in [3.63, 3.8) is 0 Å². The summed E-state index contributed by atoms with van der Waals surface area (Å²) in [7, 11) is 0. The second-order valence-electron chi connectivity index (χ2n) is 14.3. The molecule has 54 heavy (non-hydrogen) atoms. The van der Waals surface area contributed by atoms with E-state index in [-0.39, 0.29) is 45.0 Å². The SMILES string of the molecule is CC(C)(c1ncc(-c2ccccn2)o1)N1CCN(C[C@@H](O)C[C@@H](Cc2ccccc2)C(=O)N[C@H]2c3ccccc3OC[C@H]2O)[C@H](C(=O)NCC(F)(F)F)C1. The Kier molecular flexibility index (Phi) is 12.0. The summed E-state index contributed by atoms with van der Waals surface area (Å²) in [6.07, 6.45) is -3.31. The lowest BCUT2D eigenvalue weighted by Crippen LogP contribution is -2.63. The van der Waals surface area contributed by atoms with Gasteiger partial charge in [-0.05, 0) is 50.5 Å². The number of oxazole rings is 1. The molecule has 2 aromatic heterocycles. The molecule has 1 saturated heterocycles. The van der Waals surface area contributed by atoms with E-state index < -0.39 is 54.4 Å². The predicted molar refractivity (Wildman–Crippen MR) is 192 cm³/mol. The van der Waals surface area contributed by atoms with Gasteiger partial charge >= 0.3 is 6.18 Å². The molecule has 4 heterocycles. The number of nitrogens with zero attached hydrogens (tertiary/aromatic N) is 4. The van der Waals surface area contributed by atoms with E-state index in [4.69, 9.17) is 9.15 Å². The van der Waals surface area contributed by atoms with Gasteiger partial charge in [-0.15, -0.1) is 0 Å². The number of ether oxygens (including phenoxy) is 1. The maximum Gasteiger partial charge on any atom is 0.405 e. The molecule has 15 heteroatoms. The molecule has 2 aliphatic rings. The number of piperazine rings is 1. The van der Waals surface area contributed by atoms with Crippen molar-refractivity contribution < 1.29 is 42.1 Å². The molecule has 5 atom stereocenters. The van der Waals surface area contributed by atoms with Crippen molar-refractivity contribution >= 4 is 11.8 Å². The molecule has 12 nitrogen and oxygen atoms in total. The van der Waals surface area contributed by atoms with Gasteiger partial charge < -0.3 is 30.0 Å². The van der Waals surface area contributed by atoms with Gasteiger partial charge in [-0.2, -0.15) is 13.2 Å². The zero-order valence-electron chi connectivity index (χ0n) is 30.1. The first kappa shape index (κ1) is 38.9. The molecule has 4 N–H and O–H groups in total. The third-order valence-electron chi connectivity index (χ3n) is 10.0. The zero-order chi connectivity index (χ0) is 38.5. The van der Waals surface area contributed by atoms with Gasteiger partial charge in [-0.25, -0.2) is 4.98 Å². The molecule has 0 aliphatic carbocycles. The van der Waals surface area contributed by atoms with Crippen LogP contribution in [0, 0.1) is 5.92 Å². The van der Waals surface area contributed by atoms with Gasteiger partial charge in [0.25, 0.3) is 0 Å². The molecule has 0 saturated carbocycles. The van der Waals surface area contributed by atoms with E-state index in [1.807, 2.05) is 60.5 Å². The number of rotatable bonds is 13. The van der Waals surface area contributed by atoms with Crippen molar-refractivity contribution in [1.82, 2.24) is 30.4 Å². The number of aliphatic hydroxyl groups is 2. The summed E-state index contributed by atoms with van der Waals surface area (Å²) in [6, 6.07) is 20.0. The van der Waals surface area contributed by atoms with Gasteiger partial charge in [0.05, 0.1) is 23.9 Å². The summed E-state index contributed by atoms with van der Waals surface area (Å²) in [5.74, 6) is -0.627. The minimum absolute atomic E-state index is 0.00407. The molecular weight excluding hydrogens is 705 g/mol. The van der Waals surface area contributed by atoms with Crippen LogP contribution in [-0.2, 0) is 21.5 Å². The molecule has 0 spiro atoms. The highest BCUT2D eigenvalue weighted by atomic mass is 19.4. The van der Waals surface area contributed by atoms with Crippen LogP contribution in [0.1, 0.15) is 43.3 Å². The lowest BCUT2D eigenvalue weighted by atomic mass is 9.90. The molecule has 2 amide bonds. The van der Waals surface area contributed by atoms with E-state index in [1.54, 1.807) is 53.7 Å². The van der Waals surface area contributed by atoms with Gasteiger partial charge in [-0.3, -0.25) is 24.4 Å². The Labute approximate surface area is 311 Å². The molecule has 288 valence electrons. The lowest BCUT2D eigenvalue weighted by molar-refractivity contribution is -0.144. The highest BCUT2D eigenvalue weighted by Crippen LogP contribution is 2.34. The van der Waals surface area contributed by atoms with Crippen LogP contribution in [-0.4, -0.2) is 106 Å². The van der Waals surface area contributed by atoms with Crippen molar-refractivity contribution in [3.05, 3.63) is 102 Å². The average molecular weight is 751 g/mol. The number of fused-ring (bicyclic) bond motifs is 1. The van der Waals surface area contributed by atoms with Gasteiger partial charge in [0.15, 0.2) is 5.76 Å². The van der Waals surface area contributed by atoms with Gasteiger partial charge in [0, 0.05) is 43.9 Å². The Morgan fingerprint density at radius 2 is 1.74 bits per heavy atom. The number of hydrogen-bond acceptors (Lipinski definition) is 10. The number of carbonyl (C=O) groups excluding carboxylic acids is 2. The lowest BCUT2D eigenvalue weighted by Gasteiger charge is -2.46. The van der Waals surface area contributed by atoms with E-state index in [0.29, 0.717) is 35.2 Å². The van der Waals surface area contributed by atoms with E-state index in [1.165, 1.54) is 0 Å². The maximum absolute atomic E-state index is 13.9. The Morgan fingerprint density at radius 1 is 1.00 bits per heavy atom. The second kappa shape index (κ2) is 16.7. The molecule has 0 unspecified atom stereocenters. The maximum atomic E-state index is 13.9. The Morgan fingerprint density at radius 3 is 2.48 bits per heavy atom. The zero-order valence-corrected chi connectivity index (χ0v) is 30.1. The van der Waals surface area contributed by atoms with E-state index >= 15 is 0 Å². The van der Waals surface area contributed by atoms with Gasteiger partial charge in [-0.1, -0.05) is 54.6 Å². The summed E-state index contributed by atoms with van der Waals surface area (Å²) < 4.78 is 51.4. The van der Waals surface area contributed by atoms with Gasteiger partial charge in [0.1, 0.15) is 36.7 Å². The van der Waals surface area contributed by atoms with Crippen LogP contribution in [0.25, 0.3) is 11.5 Å². The van der Waals surface area contributed by atoms with Crippen molar-refractivity contribution in [1.29, 1.82) is 0 Å². The largest absolute Gasteiger partial charge is 0.490 e. The number of nitrogens with one attached hydrogen (secondary N) is 2. The predicted octanol–water partition coefficient (Wildman–Crippen LogP) is 3.86. The van der Waals surface area contributed by atoms with Crippen LogP contribution in [0.2, 0.25) is 0 Å². The number of aliphatic hydroxyl groups excluding tert-OH is 2. The van der Waals surface area contributed by atoms with Crippen molar-refractivity contribution in [2.45, 2.75) is 62.7 Å². The number of para-hydroxylation sites is 1. The average Bonchev–Trinajstić information content (AvgIpc) is 3.67. The Hall–Kier alpha value is -4.83. The summed E-state index contributed by atoms with van der Waals surface area (Å²) in [6.45, 7) is 2.74. The van der Waals surface area contributed by atoms with Crippen LogP contribution in [0.5, 0.6) is 5.75 Å². The molecule has 2 aromatic carbocycles. The molecule has 1 fully saturated rings. The summed E-state index contributed by atoms with van der Waals surface area (Å²) in [5, 5.41) is 27.3. The molecule has 0 bridgehead atoms. The monoisotopic (exact) mass is 750 g/mol. The van der Waals surface area contributed by atoms with Crippen LogP contribution in [0.4, 0.5) is 13.2 Å². The number of benzene rings is 2. The van der Waals surface area contributed by atoms with Crippen molar-refractivity contribution in [3.8, 4) is 17.2 Å². The number of β-amino-alcohol motifs (C(OH)–C–C–N with tert-alkyl or cyclic N) is 1. The van der Waals surface area contributed by atoms with Crippen LogP contribution >= 0.6 is 0 Å². The minimum Gasteiger partial charge on any atom is -0.490 e. The highest BCUT2D eigenvalue weighted by Gasteiger charge is 2.43. The number of pyridine rings is 1. The van der Waals surface area contributed by atoms with Gasteiger partial charge in [0.2, 0.25) is 17.7 Å². The number of carbonyl (C=O) groups is 2. The first-order valence-electron chi connectivity index (χ1n) is 17.9. The summed E-state index contributed by atoms with van der Waals surface area (Å²) in [5.41, 5.74) is 1.21. The Bertz CT molecular complexity index is 1860. The number of amides is 2. The third-order valence-corrected chi connectivity index (χ3v) is 10.0. The van der Waals surface area contributed by atoms with E-state index in [0.717, 1.165) is 5.56 Å². The second-order valence-corrected chi connectivity index (χ2v) is 14.3. The number of hydrogen-bond donors (Lipinski definition) is 4. The van der Waals surface area contributed by atoms with Crippen LogP contribution in [0.15, 0.2) is 89.6 Å². The number of halogens is 3.